The summed E-state index contributed by atoms with van der Waals surface area (Å²) in [6.45, 7) is 0. The minimum absolute atomic E-state index is 0.0418. The standard InChI is InChI=1S/C23H24FN7O/c1-30(20-9-14-3-2-4-19(27-14)23(20)24)22-8-7-18(28-29-22)17-6-5-16(10-21(17)32)31-12-15(11-25)26-13-31/h5-8,10,12-14,19-20,23,27,32H,2-4,9H2,1H3/t14-,19+,20-,23+/m1/s1. The first-order valence-electron chi connectivity index (χ1n) is 10.8. The van der Waals surface area contributed by atoms with Crippen molar-refractivity contribution in [2.75, 3.05) is 11.9 Å². The average molecular weight is 433 g/mol. The summed E-state index contributed by atoms with van der Waals surface area (Å²) in [6.07, 6.45) is 5.96. The van der Waals surface area contributed by atoms with Crippen molar-refractivity contribution in [3.8, 4) is 28.8 Å². The first kappa shape index (κ1) is 20.4. The number of benzene rings is 1. The highest BCUT2D eigenvalue weighted by molar-refractivity contribution is 5.69. The quantitative estimate of drug-likeness (QED) is 0.652. The number of aromatic nitrogens is 4. The average Bonchev–Trinajstić information content (AvgIpc) is 3.31. The molecule has 2 fully saturated rings. The summed E-state index contributed by atoms with van der Waals surface area (Å²) in [5.41, 5.74) is 2.03. The van der Waals surface area contributed by atoms with Gasteiger partial charge in [0.1, 0.15) is 24.3 Å². The lowest BCUT2D eigenvalue weighted by Crippen LogP contribution is -2.61. The molecule has 2 aliphatic heterocycles. The Morgan fingerprint density at radius 3 is 2.84 bits per heavy atom. The van der Waals surface area contributed by atoms with E-state index < -0.39 is 6.17 Å². The third kappa shape index (κ3) is 3.67. The zero-order valence-corrected chi connectivity index (χ0v) is 17.7. The Morgan fingerprint density at radius 1 is 1.25 bits per heavy atom. The van der Waals surface area contributed by atoms with Gasteiger partial charge in [0.05, 0.1) is 17.4 Å². The largest absolute Gasteiger partial charge is 0.507 e. The van der Waals surface area contributed by atoms with E-state index in [1.54, 1.807) is 35.0 Å². The number of halogens is 1. The Bertz CT molecular complexity index is 1160. The van der Waals surface area contributed by atoms with Crippen molar-refractivity contribution in [3.63, 3.8) is 0 Å². The number of nitrogens with one attached hydrogen (secondary N) is 1. The molecule has 0 saturated carbocycles. The molecule has 2 aromatic heterocycles. The first-order chi connectivity index (χ1) is 15.5. The van der Waals surface area contributed by atoms with Crippen LogP contribution in [0.25, 0.3) is 16.9 Å². The van der Waals surface area contributed by atoms with E-state index in [1.807, 2.05) is 24.1 Å². The zero-order chi connectivity index (χ0) is 22.2. The van der Waals surface area contributed by atoms with Crippen LogP contribution >= 0.6 is 0 Å². The fourth-order valence-electron chi connectivity index (χ4n) is 4.80. The summed E-state index contributed by atoms with van der Waals surface area (Å²) >= 11 is 0. The molecule has 164 valence electrons. The van der Waals surface area contributed by atoms with Gasteiger partial charge in [-0.1, -0.05) is 6.42 Å². The van der Waals surface area contributed by atoms with Crippen molar-refractivity contribution in [3.05, 3.63) is 48.5 Å². The fourth-order valence-corrected chi connectivity index (χ4v) is 4.80. The van der Waals surface area contributed by atoms with Crippen molar-refractivity contribution in [2.45, 2.75) is 50.0 Å². The van der Waals surface area contributed by atoms with Crippen molar-refractivity contribution < 1.29 is 9.50 Å². The highest BCUT2D eigenvalue weighted by Crippen LogP contribution is 2.33. The summed E-state index contributed by atoms with van der Waals surface area (Å²) in [5.74, 6) is 0.653. The second-order valence-corrected chi connectivity index (χ2v) is 8.52. The molecule has 2 bridgehead atoms. The van der Waals surface area contributed by atoms with Crippen LogP contribution in [-0.2, 0) is 0 Å². The number of hydrogen-bond donors (Lipinski definition) is 2. The summed E-state index contributed by atoms with van der Waals surface area (Å²) < 4.78 is 16.7. The third-order valence-electron chi connectivity index (χ3n) is 6.56. The number of nitriles is 1. The number of aromatic hydroxyl groups is 1. The number of rotatable bonds is 4. The number of piperidine rings is 2. The number of anilines is 1. The number of alkyl halides is 1. The van der Waals surface area contributed by atoms with Crippen LogP contribution in [0.5, 0.6) is 5.75 Å². The van der Waals surface area contributed by atoms with Crippen LogP contribution in [0.15, 0.2) is 42.9 Å². The van der Waals surface area contributed by atoms with E-state index in [1.165, 1.54) is 6.33 Å². The number of fused-ring (bicyclic) bond motifs is 2. The molecule has 0 radical (unpaired) electrons. The normalized spacial score (nSPS) is 24.7. The maximum Gasteiger partial charge on any atom is 0.158 e. The molecule has 9 heteroatoms. The minimum atomic E-state index is -0.945. The zero-order valence-electron chi connectivity index (χ0n) is 17.7. The molecule has 0 amide bonds. The number of hydrogen-bond acceptors (Lipinski definition) is 7. The maximum absolute atomic E-state index is 15.0. The van der Waals surface area contributed by atoms with Gasteiger partial charge in [-0.2, -0.15) is 5.26 Å². The molecular weight excluding hydrogens is 409 g/mol. The van der Waals surface area contributed by atoms with Crippen molar-refractivity contribution in [1.29, 1.82) is 5.26 Å². The Morgan fingerprint density at radius 2 is 2.12 bits per heavy atom. The minimum Gasteiger partial charge on any atom is -0.507 e. The van der Waals surface area contributed by atoms with Crippen LogP contribution in [0, 0.1) is 11.3 Å². The van der Waals surface area contributed by atoms with E-state index in [4.69, 9.17) is 5.26 Å². The van der Waals surface area contributed by atoms with Crippen LogP contribution < -0.4 is 10.2 Å². The Balaban J connectivity index is 1.35. The molecule has 5 rings (SSSR count). The van der Waals surface area contributed by atoms with E-state index in [0.717, 1.165) is 25.7 Å². The molecule has 1 aromatic carbocycles. The van der Waals surface area contributed by atoms with E-state index in [-0.39, 0.29) is 17.8 Å². The molecule has 3 aromatic rings. The molecule has 2 saturated heterocycles. The van der Waals surface area contributed by atoms with Crippen LogP contribution in [0.2, 0.25) is 0 Å². The molecule has 4 heterocycles. The van der Waals surface area contributed by atoms with E-state index >= 15 is 4.39 Å². The van der Waals surface area contributed by atoms with E-state index in [9.17, 15) is 5.11 Å². The van der Waals surface area contributed by atoms with Gasteiger partial charge in [0.2, 0.25) is 0 Å². The highest BCUT2D eigenvalue weighted by atomic mass is 19.1. The number of nitrogens with zero attached hydrogens (tertiary/aromatic N) is 6. The molecule has 0 spiro atoms. The summed E-state index contributed by atoms with van der Waals surface area (Å²) in [6, 6.07) is 10.8. The highest BCUT2D eigenvalue weighted by Gasteiger charge is 2.41. The number of phenolic OH excluding ortho intramolecular Hbond substituents is 1. The van der Waals surface area contributed by atoms with Gasteiger partial charge >= 0.3 is 0 Å². The summed E-state index contributed by atoms with van der Waals surface area (Å²) in [5, 5.41) is 31.5. The van der Waals surface area contributed by atoms with E-state index in [0.29, 0.717) is 34.5 Å². The molecule has 8 nitrogen and oxygen atoms in total. The van der Waals surface area contributed by atoms with Gasteiger partial charge in [-0.25, -0.2) is 9.37 Å². The second kappa shape index (κ2) is 8.20. The van der Waals surface area contributed by atoms with Gasteiger partial charge in [0.15, 0.2) is 11.5 Å². The van der Waals surface area contributed by atoms with Crippen LogP contribution in [-0.4, -0.2) is 56.2 Å². The van der Waals surface area contributed by atoms with Gasteiger partial charge < -0.3 is 19.9 Å². The molecular formula is C23H24FN7O. The van der Waals surface area contributed by atoms with E-state index in [2.05, 4.69) is 20.5 Å². The predicted octanol–water partition coefficient (Wildman–Crippen LogP) is 2.96. The molecule has 32 heavy (non-hydrogen) atoms. The lowest BCUT2D eigenvalue weighted by atomic mass is 9.82. The monoisotopic (exact) mass is 433 g/mol. The van der Waals surface area contributed by atoms with Gasteiger partial charge in [0.25, 0.3) is 0 Å². The Hall–Kier alpha value is -3.51. The topological polar surface area (TPSA) is 103 Å². The molecule has 0 unspecified atom stereocenters. The lowest BCUT2D eigenvalue weighted by Gasteiger charge is -2.46. The van der Waals surface area contributed by atoms with Gasteiger partial charge in [-0.15, -0.1) is 10.2 Å². The maximum atomic E-state index is 15.0. The number of phenols is 1. The Kier molecular flexibility index (Phi) is 5.23. The van der Waals surface area contributed by atoms with Crippen LogP contribution in [0.3, 0.4) is 0 Å². The van der Waals surface area contributed by atoms with Crippen LogP contribution in [0.1, 0.15) is 31.4 Å². The van der Waals surface area contributed by atoms with Crippen molar-refractivity contribution >= 4 is 5.82 Å². The van der Waals surface area contributed by atoms with Gasteiger partial charge in [0, 0.05) is 37.0 Å². The van der Waals surface area contributed by atoms with Gasteiger partial charge in [-0.3, -0.25) is 0 Å². The molecule has 2 aliphatic rings. The fraction of sp³-hybridized carbons (Fsp3) is 0.391. The van der Waals surface area contributed by atoms with Crippen molar-refractivity contribution in [2.24, 2.45) is 0 Å². The predicted molar refractivity (Wildman–Crippen MR) is 117 cm³/mol. The van der Waals surface area contributed by atoms with Crippen LogP contribution in [0.4, 0.5) is 10.2 Å². The lowest BCUT2D eigenvalue weighted by molar-refractivity contribution is 0.107. The summed E-state index contributed by atoms with van der Waals surface area (Å²) in [7, 11) is 1.87. The third-order valence-corrected chi connectivity index (χ3v) is 6.56. The molecule has 4 atom stereocenters. The second-order valence-electron chi connectivity index (χ2n) is 8.52. The first-order valence-corrected chi connectivity index (χ1v) is 10.8. The summed E-state index contributed by atoms with van der Waals surface area (Å²) in [4.78, 5) is 5.86. The molecule has 2 N–H and O–H groups in total. The van der Waals surface area contributed by atoms with Gasteiger partial charge in [-0.05, 0) is 43.5 Å². The van der Waals surface area contributed by atoms with Crippen molar-refractivity contribution in [1.82, 2.24) is 25.1 Å². The smallest absolute Gasteiger partial charge is 0.158 e. The number of imidazole rings is 1. The Labute approximate surface area is 185 Å². The molecule has 0 aliphatic carbocycles. The SMILES string of the molecule is CN(c1ccc(-c2ccc(-n3cnc(C#N)c3)cc2O)nn1)[C@@H]1C[C@H]2CCC[C@H](N2)[C@@H]1F.